The summed E-state index contributed by atoms with van der Waals surface area (Å²) in [5.74, 6) is -0.752. The molecular formula is C37H43ClF3N7O3. The molecule has 4 aliphatic heterocycles. The number of alkyl halides is 1. The Morgan fingerprint density at radius 2 is 1.90 bits per heavy atom. The molecule has 0 bridgehead atoms. The predicted molar refractivity (Wildman–Crippen MR) is 187 cm³/mol. The molecule has 1 N–H and O–H groups in total. The molecule has 4 saturated heterocycles. The van der Waals surface area contributed by atoms with Crippen LogP contribution >= 0.6 is 11.6 Å². The number of anilines is 1. The molecule has 1 saturated carbocycles. The minimum absolute atomic E-state index is 0.00724. The van der Waals surface area contributed by atoms with Crippen LogP contribution in [0.1, 0.15) is 89.3 Å². The number of fused-ring (bicyclic) bond motifs is 3. The lowest BCUT2D eigenvalue weighted by atomic mass is 9.94. The van der Waals surface area contributed by atoms with Crippen molar-refractivity contribution in [1.82, 2.24) is 29.6 Å². The number of hydrogen-bond acceptors (Lipinski definition) is 9. The predicted octanol–water partition coefficient (Wildman–Crippen LogP) is 7.10. The minimum atomic E-state index is -0.972. The van der Waals surface area contributed by atoms with E-state index in [1.54, 1.807) is 19.3 Å². The summed E-state index contributed by atoms with van der Waals surface area (Å²) in [6.07, 6.45) is 8.46. The topological polar surface area (TPSA) is 102 Å². The van der Waals surface area contributed by atoms with Gasteiger partial charge in [-0.1, -0.05) is 18.5 Å². The van der Waals surface area contributed by atoms with E-state index < -0.39 is 35.2 Å². The van der Waals surface area contributed by atoms with Crippen molar-refractivity contribution >= 4 is 39.2 Å². The molecule has 3 aromatic heterocycles. The molecule has 14 heteroatoms. The number of β-amino-alcohol motifs (C(OH)–C–C–N with tert-alkyl or cyclic N) is 1. The Balaban J connectivity index is 1.21. The lowest BCUT2D eigenvalue weighted by Gasteiger charge is -2.38. The summed E-state index contributed by atoms with van der Waals surface area (Å²) in [5.41, 5.74) is -0.367. The average Bonchev–Trinajstić information content (AvgIpc) is 3.39. The van der Waals surface area contributed by atoms with E-state index >= 15 is 8.78 Å². The van der Waals surface area contributed by atoms with Gasteiger partial charge in [-0.2, -0.15) is 15.1 Å². The van der Waals surface area contributed by atoms with Crippen LogP contribution in [0.25, 0.3) is 33.1 Å². The highest BCUT2D eigenvalue weighted by atomic mass is 35.5. The van der Waals surface area contributed by atoms with Crippen LogP contribution in [0.2, 0.25) is 5.02 Å². The maximum Gasteiger partial charge on any atom is 0.319 e. The zero-order valence-corrected chi connectivity index (χ0v) is 29.7. The molecule has 5 fully saturated rings. The van der Waals surface area contributed by atoms with Gasteiger partial charge in [-0.25, -0.2) is 17.9 Å². The van der Waals surface area contributed by atoms with Gasteiger partial charge in [0.2, 0.25) is 0 Å². The largest absolute Gasteiger partial charge is 0.461 e. The average molecular weight is 726 g/mol. The third-order valence-corrected chi connectivity index (χ3v) is 12.3. The quantitative estimate of drug-likeness (QED) is 0.214. The Morgan fingerprint density at radius 1 is 1.08 bits per heavy atom. The fourth-order valence-electron chi connectivity index (χ4n) is 9.25. The monoisotopic (exact) mass is 725 g/mol. The van der Waals surface area contributed by atoms with Crippen molar-refractivity contribution in [3.63, 3.8) is 0 Å². The van der Waals surface area contributed by atoms with E-state index in [1.165, 1.54) is 4.68 Å². The van der Waals surface area contributed by atoms with Crippen molar-refractivity contribution in [2.24, 2.45) is 5.92 Å². The molecule has 5 aliphatic rings. The summed E-state index contributed by atoms with van der Waals surface area (Å²) < 4.78 is 62.1. The van der Waals surface area contributed by atoms with Crippen LogP contribution in [0.3, 0.4) is 0 Å². The molecule has 1 aromatic carbocycles. The van der Waals surface area contributed by atoms with Crippen LogP contribution in [0.15, 0.2) is 12.4 Å². The number of hydrogen-bond donors (Lipinski definition) is 1. The van der Waals surface area contributed by atoms with Gasteiger partial charge in [-0.3, -0.25) is 9.88 Å². The number of nitrogens with zero attached hydrogens (tertiary/aromatic N) is 7. The standard InChI is InChI=1S/C37H43ClF3N7O3/c1-20-13-22(20)26-27(23-16-43-48(25-7-3-4-12-50-25)33(23)29(40)28(26)38)32-30(41)31-24(15-42-32)34(46-10-5-8-36(2,49)18-46)45-35(44-31)51-19-37-9-6-11-47(37)17-21(39)14-37/h15-16,20-22,25,49H,3-14,17-19H2,1-2H3/t20?,21-,22?,25?,36-,37+/m1/s1. The van der Waals surface area contributed by atoms with E-state index in [2.05, 4.69) is 21.9 Å². The molecule has 7 heterocycles. The van der Waals surface area contributed by atoms with E-state index in [1.807, 2.05) is 4.90 Å². The Bertz CT molecular complexity index is 2020. The number of piperidine rings is 1. The fraction of sp³-hybridized carbons (Fsp3) is 0.622. The van der Waals surface area contributed by atoms with Gasteiger partial charge in [-0.05, 0) is 82.2 Å². The second-order valence-electron chi connectivity index (χ2n) is 15.8. The van der Waals surface area contributed by atoms with Crippen molar-refractivity contribution in [3.8, 4) is 17.3 Å². The first-order valence-corrected chi connectivity index (χ1v) is 18.8. The molecule has 51 heavy (non-hydrogen) atoms. The zero-order valence-electron chi connectivity index (χ0n) is 29.0. The minimum Gasteiger partial charge on any atom is -0.461 e. The van der Waals surface area contributed by atoms with E-state index in [-0.39, 0.29) is 52.7 Å². The molecule has 0 radical (unpaired) electrons. The Morgan fingerprint density at radius 3 is 2.67 bits per heavy atom. The summed E-state index contributed by atoms with van der Waals surface area (Å²) in [7, 11) is 0. The summed E-state index contributed by atoms with van der Waals surface area (Å²) in [4.78, 5) is 18.2. The number of benzene rings is 1. The van der Waals surface area contributed by atoms with Gasteiger partial charge in [0, 0.05) is 49.8 Å². The van der Waals surface area contributed by atoms with Crippen molar-refractivity contribution < 1.29 is 27.8 Å². The summed E-state index contributed by atoms with van der Waals surface area (Å²) in [6.45, 7) is 6.61. The number of aromatic nitrogens is 5. The van der Waals surface area contributed by atoms with E-state index in [0.29, 0.717) is 73.1 Å². The Hall–Kier alpha value is -3.26. The molecule has 3 unspecified atom stereocenters. The van der Waals surface area contributed by atoms with E-state index in [9.17, 15) is 9.50 Å². The first-order chi connectivity index (χ1) is 24.5. The normalized spacial score (nSPS) is 31.2. The van der Waals surface area contributed by atoms with E-state index in [0.717, 1.165) is 38.6 Å². The highest BCUT2D eigenvalue weighted by Crippen LogP contribution is 2.55. The molecule has 272 valence electrons. The molecule has 6 atom stereocenters. The highest BCUT2D eigenvalue weighted by molar-refractivity contribution is 6.33. The van der Waals surface area contributed by atoms with Crippen molar-refractivity contribution in [2.75, 3.05) is 44.3 Å². The molecule has 0 spiro atoms. The molecular weight excluding hydrogens is 683 g/mol. The van der Waals surface area contributed by atoms with Crippen LogP contribution in [-0.4, -0.2) is 91.4 Å². The Labute approximate surface area is 299 Å². The highest BCUT2D eigenvalue weighted by Gasteiger charge is 2.49. The maximum atomic E-state index is 17.4. The molecule has 4 aromatic rings. The number of ether oxygens (including phenoxy) is 2. The van der Waals surface area contributed by atoms with Crippen molar-refractivity contribution in [1.29, 1.82) is 0 Å². The van der Waals surface area contributed by atoms with Crippen molar-refractivity contribution in [2.45, 2.75) is 101 Å². The van der Waals surface area contributed by atoms with Crippen LogP contribution in [0.5, 0.6) is 6.01 Å². The molecule has 0 amide bonds. The summed E-state index contributed by atoms with van der Waals surface area (Å²) in [6, 6.07) is -0.0251. The lowest BCUT2D eigenvalue weighted by molar-refractivity contribution is -0.0369. The van der Waals surface area contributed by atoms with Gasteiger partial charge in [0.1, 0.15) is 35.3 Å². The Kier molecular flexibility index (Phi) is 8.17. The first-order valence-electron chi connectivity index (χ1n) is 18.4. The van der Waals surface area contributed by atoms with Gasteiger partial charge >= 0.3 is 6.01 Å². The van der Waals surface area contributed by atoms with E-state index in [4.69, 9.17) is 31.0 Å². The second kappa shape index (κ2) is 12.4. The SMILES string of the molecule is CC1CC1c1c(Cl)c(F)c2c(cnn2C2CCCCO2)c1-c1ncc2c(N3CCC[C@@](C)(O)C3)nc(OC[C@@]34CCCN3C[C@H](F)C4)nc2c1F. The zero-order chi connectivity index (χ0) is 35.2. The second-order valence-corrected chi connectivity index (χ2v) is 16.2. The number of rotatable bonds is 7. The van der Waals surface area contributed by atoms with Crippen LogP contribution in [0.4, 0.5) is 19.0 Å². The lowest BCUT2D eigenvalue weighted by Crippen LogP contribution is -2.46. The van der Waals surface area contributed by atoms with Crippen LogP contribution < -0.4 is 9.64 Å². The third kappa shape index (κ3) is 5.64. The first kappa shape index (κ1) is 33.6. The smallest absolute Gasteiger partial charge is 0.319 e. The number of halogens is 4. The summed E-state index contributed by atoms with van der Waals surface area (Å²) in [5, 5.41) is 16.3. The van der Waals surface area contributed by atoms with Gasteiger partial charge in [-0.15, -0.1) is 0 Å². The van der Waals surface area contributed by atoms with Crippen molar-refractivity contribution in [3.05, 3.63) is 34.6 Å². The number of pyridine rings is 1. The molecule has 10 nitrogen and oxygen atoms in total. The van der Waals surface area contributed by atoms with Crippen LogP contribution in [0, 0.1) is 17.6 Å². The third-order valence-electron chi connectivity index (χ3n) is 12.0. The summed E-state index contributed by atoms with van der Waals surface area (Å²) >= 11 is 6.89. The maximum absolute atomic E-state index is 17.4. The molecule has 9 rings (SSSR count). The van der Waals surface area contributed by atoms with Crippen LogP contribution in [-0.2, 0) is 4.74 Å². The molecule has 1 aliphatic carbocycles. The van der Waals surface area contributed by atoms with Gasteiger partial charge in [0.05, 0.1) is 27.7 Å². The number of aliphatic hydroxyl groups is 1. The fourth-order valence-corrected chi connectivity index (χ4v) is 9.58. The van der Waals surface area contributed by atoms with Gasteiger partial charge < -0.3 is 19.5 Å². The van der Waals surface area contributed by atoms with Gasteiger partial charge in [0.15, 0.2) is 17.9 Å². The van der Waals surface area contributed by atoms with Gasteiger partial charge in [0.25, 0.3) is 0 Å².